The summed E-state index contributed by atoms with van der Waals surface area (Å²) in [4.78, 5) is 10.9. The summed E-state index contributed by atoms with van der Waals surface area (Å²) in [5.74, 6) is -2.53. The van der Waals surface area contributed by atoms with Crippen LogP contribution < -0.4 is 5.73 Å². The first-order valence-corrected chi connectivity index (χ1v) is 5.53. The van der Waals surface area contributed by atoms with Gasteiger partial charge in [-0.25, -0.2) is 13.6 Å². The minimum absolute atomic E-state index is 0.0652. The van der Waals surface area contributed by atoms with E-state index in [2.05, 4.69) is 0 Å². The molecule has 0 saturated carbocycles. The quantitative estimate of drug-likeness (QED) is 0.894. The Balaban J connectivity index is 2.41. The second-order valence-electron chi connectivity index (χ2n) is 4.07. The predicted octanol–water partition coefficient (Wildman–Crippen LogP) is 2.71. The Bertz CT molecular complexity index is 629. The first kappa shape index (κ1) is 13.2. The Morgan fingerprint density at radius 1 is 1.16 bits per heavy atom. The Labute approximate surface area is 108 Å². The van der Waals surface area contributed by atoms with Crippen LogP contribution in [0.3, 0.4) is 0 Å². The van der Waals surface area contributed by atoms with E-state index in [4.69, 9.17) is 10.8 Å². The fourth-order valence-electron chi connectivity index (χ4n) is 1.80. The van der Waals surface area contributed by atoms with Gasteiger partial charge in [-0.2, -0.15) is 0 Å². The van der Waals surface area contributed by atoms with Gasteiger partial charge in [0.2, 0.25) is 0 Å². The van der Waals surface area contributed by atoms with Crippen LogP contribution in [0.4, 0.5) is 8.78 Å². The van der Waals surface area contributed by atoms with Crippen molar-refractivity contribution >= 4 is 5.97 Å². The predicted molar refractivity (Wildman–Crippen MR) is 65.8 cm³/mol. The van der Waals surface area contributed by atoms with Gasteiger partial charge in [0, 0.05) is 11.6 Å². The van der Waals surface area contributed by atoms with Crippen LogP contribution in [-0.4, -0.2) is 11.1 Å². The highest BCUT2D eigenvalue weighted by Crippen LogP contribution is 2.23. The molecule has 1 atom stereocenters. The van der Waals surface area contributed by atoms with Gasteiger partial charge in [-0.15, -0.1) is 0 Å². The smallest absolute Gasteiger partial charge is 0.335 e. The lowest BCUT2D eigenvalue weighted by atomic mass is 9.97. The SMILES string of the molecule is NC(c1cccc(C(=O)O)c1)c1ccc(F)cc1F. The molecule has 98 valence electrons. The largest absolute Gasteiger partial charge is 0.478 e. The molecule has 1 unspecified atom stereocenters. The number of nitrogens with two attached hydrogens (primary N) is 1. The number of carbonyl (C=O) groups is 1. The molecule has 3 nitrogen and oxygen atoms in total. The molecule has 0 saturated heterocycles. The summed E-state index contributed by atoms with van der Waals surface area (Å²) in [5, 5.41) is 8.89. The van der Waals surface area contributed by atoms with Crippen LogP contribution in [0.25, 0.3) is 0 Å². The molecule has 2 aromatic rings. The van der Waals surface area contributed by atoms with E-state index >= 15 is 0 Å². The highest BCUT2D eigenvalue weighted by molar-refractivity contribution is 5.87. The molecule has 2 rings (SSSR count). The molecule has 0 aliphatic heterocycles. The molecule has 5 heteroatoms. The summed E-state index contributed by atoms with van der Waals surface area (Å²) in [6.45, 7) is 0. The third kappa shape index (κ3) is 2.77. The van der Waals surface area contributed by atoms with E-state index in [9.17, 15) is 13.6 Å². The van der Waals surface area contributed by atoms with Crippen LogP contribution in [-0.2, 0) is 0 Å². The minimum Gasteiger partial charge on any atom is -0.478 e. The average molecular weight is 263 g/mol. The van der Waals surface area contributed by atoms with Crippen molar-refractivity contribution in [1.82, 2.24) is 0 Å². The Kier molecular flexibility index (Phi) is 3.57. The molecule has 0 bridgehead atoms. The Morgan fingerprint density at radius 2 is 1.89 bits per heavy atom. The van der Waals surface area contributed by atoms with E-state index in [1.54, 1.807) is 6.07 Å². The van der Waals surface area contributed by atoms with E-state index in [1.807, 2.05) is 0 Å². The first-order valence-electron chi connectivity index (χ1n) is 5.53. The van der Waals surface area contributed by atoms with Gasteiger partial charge in [-0.05, 0) is 23.8 Å². The van der Waals surface area contributed by atoms with Crippen molar-refractivity contribution in [3.63, 3.8) is 0 Å². The maximum absolute atomic E-state index is 13.6. The van der Waals surface area contributed by atoms with Crippen molar-refractivity contribution in [1.29, 1.82) is 0 Å². The number of hydrogen-bond acceptors (Lipinski definition) is 2. The van der Waals surface area contributed by atoms with Crippen molar-refractivity contribution in [2.75, 3.05) is 0 Å². The van der Waals surface area contributed by atoms with E-state index in [-0.39, 0.29) is 11.1 Å². The summed E-state index contributed by atoms with van der Waals surface area (Å²) in [6, 6.07) is 8.17. The maximum atomic E-state index is 13.6. The maximum Gasteiger partial charge on any atom is 0.335 e. The van der Waals surface area contributed by atoms with Crippen LogP contribution in [0.15, 0.2) is 42.5 Å². The van der Waals surface area contributed by atoms with Crippen molar-refractivity contribution in [3.8, 4) is 0 Å². The molecular weight excluding hydrogens is 252 g/mol. The lowest BCUT2D eigenvalue weighted by molar-refractivity contribution is 0.0696. The molecule has 0 radical (unpaired) electrons. The van der Waals surface area contributed by atoms with Crippen LogP contribution in [0.1, 0.15) is 27.5 Å². The molecule has 19 heavy (non-hydrogen) atoms. The molecule has 2 aromatic carbocycles. The van der Waals surface area contributed by atoms with Crippen LogP contribution >= 0.6 is 0 Å². The molecule has 3 N–H and O–H groups in total. The summed E-state index contributed by atoms with van der Waals surface area (Å²) >= 11 is 0. The van der Waals surface area contributed by atoms with Crippen molar-refractivity contribution in [2.24, 2.45) is 5.73 Å². The Morgan fingerprint density at radius 3 is 2.53 bits per heavy atom. The molecule has 0 spiro atoms. The Hall–Kier alpha value is -2.27. The van der Waals surface area contributed by atoms with Crippen molar-refractivity contribution < 1.29 is 18.7 Å². The van der Waals surface area contributed by atoms with Crippen LogP contribution in [0.2, 0.25) is 0 Å². The highest BCUT2D eigenvalue weighted by atomic mass is 19.1. The summed E-state index contributed by atoms with van der Waals surface area (Å²) < 4.78 is 26.4. The highest BCUT2D eigenvalue weighted by Gasteiger charge is 2.15. The normalized spacial score (nSPS) is 12.2. The topological polar surface area (TPSA) is 63.3 Å². The lowest BCUT2D eigenvalue weighted by Gasteiger charge is -2.14. The van der Waals surface area contributed by atoms with Crippen molar-refractivity contribution in [3.05, 3.63) is 70.8 Å². The fourth-order valence-corrected chi connectivity index (χ4v) is 1.80. The van der Waals surface area contributed by atoms with Gasteiger partial charge in [0.25, 0.3) is 0 Å². The zero-order chi connectivity index (χ0) is 14.0. The van der Waals surface area contributed by atoms with Gasteiger partial charge in [-0.1, -0.05) is 18.2 Å². The molecular formula is C14H11F2NO2. The van der Waals surface area contributed by atoms with E-state index in [1.165, 1.54) is 24.3 Å². The minimum atomic E-state index is -1.09. The average Bonchev–Trinajstić information content (AvgIpc) is 2.38. The number of hydrogen-bond donors (Lipinski definition) is 2. The number of aromatic carboxylic acids is 1. The van der Waals surface area contributed by atoms with Crippen molar-refractivity contribution in [2.45, 2.75) is 6.04 Å². The third-order valence-electron chi connectivity index (χ3n) is 2.79. The van der Waals surface area contributed by atoms with Crippen LogP contribution in [0, 0.1) is 11.6 Å². The number of carboxylic acid groups (broad SMARTS) is 1. The molecule has 0 aromatic heterocycles. The summed E-state index contributed by atoms with van der Waals surface area (Å²) in [5.41, 5.74) is 6.51. The first-order chi connectivity index (χ1) is 8.99. The van der Waals surface area contributed by atoms with Gasteiger partial charge in [-0.3, -0.25) is 0 Å². The van der Waals surface area contributed by atoms with Gasteiger partial charge in [0.1, 0.15) is 11.6 Å². The number of halogens is 2. The van der Waals surface area contributed by atoms with Gasteiger partial charge in [0.15, 0.2) is 0 Å². The van der Waals surface area contributed by atoms with E-state index in [0.29, 0.717) is 5.56 Å². The molecule has 0 fully saturated rings. The lowest BCUT2D eigenvalue weighted by Crippen LogP contribution is -2.14. The summed E-state index contributed by atoms with van der Waals surface area (Å²) in [6.07, 6.45) is 0. The molecule has 0 heterocycles. The number of benzene rings is 2. The van der Waals surface area contributed by atoms with Gasteiger partial charge in [0.05, 0.1) is 11.6 Å². The van der Waals surface area contributed by atoms with Gasteiger partial charge < -0.3 is 10.8 Å². The standard InChI is InChI=1S/C14H11F2NO2/c15-10-4-5-11(12(16)7-10)13(17)8-2-1-3-9(6-8)14(18)19/h1-7,13H,17H2,(H,18,19). The van der Waals surface area contributed by atoms with E-state index < -0.39 is 23.6 Å². The molecule has 0 amide bonds. The fraction of sp³-hybridized carbons (Fsp3) is 0.0714. The zero-order valence-corrected chi connectivity index (χ0v) is 9.81. The number of carboxylic acids is 1. The molecule has 0 aliphatic carbocycles. The number of rotatable bonds is 3. The monoisotopic (exact) mass is 263 g/mol. The van der Waals surface area contributed by atoms with Gasteiger partial charge >= 0.3 is 5.97 Å². The zero-order valence-electron chi connectivity index (χ0n) is 9.81. The second-order valence-corrected chi connectivity index (χ2v) is 4.07. The van der Waals surface area contributed by atoms with Crippen LogP contribution in [0.5, 0.6) is 0 Å². The second kappa shape index (κ2) is 5.16. The summed E-state index contributed by atoms with van der Waals surface area (Å²) in [7, 11) is 0. The third-order valence-corrected chi connectivity index (χ3v) is 2.79. The van der Waals surface area contributed by atoms with E-state index in [0.717, 1.165) is 12.1 Å². The molecule has 0 aliphatic rings.